The highest BCUT2D eigenvalue weighted by Gasteiger charge is 2.25. The van der Waals surface area contributed by atoms with Crippen molar-refractivity contribution in [3.63, 3.8) is 0 Å². The number of quaternary nitrogens is 1. The Hall–Kier alpha value is -1.14. The van der Waals surface area contributed by atoms with Crippen molar-refractivity contribution >= 4 is 11.9 Å². The Labute approximate surface area is 152 Å². The summed E-state index contributed by atoms with van der Waals surface area (Å²) in [5, 5.41) is 18.9. The molecule has 148 valence electrons. The molecular formula is C19H38NO5+. The van der Waals surface area contributed by atoms with Crippen LogP contribution in [0.2, 0.25) is 0 Å². The van der Waals surface area contributed by atoms with Crippen LogP contribution in [0.1, 0.15) is 71.1 Å². The number of nitrogens with zero attached hydrogens (tertiary/aromatic N) is 1. The lowest BCUT2D eigenvalue weighted by Gasteiger charge is -2.28. The summed E-state index contributed by atoms with van der Waals surface area (Å²) in [7, 11) is 5.74. The average Bonchev–Trinajstić information content (AvgIpc) is 2.43. The molecule has 0 fully saturated rings. The third-order valence-electron chi connectivity index (χ3n) is 3.99. The number of likely N-dealkylation sites (N-methyl/N-ethyl adjacent to an activating group) is 1. The molecule has 0 spiro atoms. The van der Waals surface area contributed by atoms with Crippen LogP contribution in [0.25, 0.3) is 0 Å². The second-order valence-corrected chi connectivity index (χ2v) is 7.95. The minimum Gasteiger partial charge on any atom is -0.481 e. The fourth-order valence-corrected chi connectivity index (χ4v) is 2.81. The number of carboxylic acids is 1. The van der Waals surface area contributed by atoms with Crippen LogP contribution < -0.4 is 0 Å². The van der Waals surface area contributed by atoms with Crippen molar-refractivity contribution in [1.29, 1.82) is 0 Å². The van der Waals surface area contributed by atoms with Crippen molar-refractivity contribution in [2.75, 3.05) is 27.7 Å². The molecule has 0 saturated carbocycles. The molecule has 0 heterocycles. The van der Waals surface area contributed by atoms with E-state index in [0.29, 0.717) is 17.4 Å². The number of carbonyl (C=O) groups excluding carboxylic acids is 1. The van der Waals surface area contributed by atoms with Crippen LogP contribution in [0.4, 0.5) is 0 Å². The van der Waals surface area contributed by atoms with Crippen LogP contribution >= 0.6 is 0 Å². The third-order valence-corrected chi connectivity index (χ3v) is 3.99. The van der Waals surface area contributed by atoms with Crippen molar-refractivity contribution in [3.05, 3.63) is 0 Å². The molecular weight excluding hydrogens is 322 g/mol. The topological polar surface area (TPSA) is 83.8 Å². The van der Waals surface area contributed by atoms with E-state index in [-0.39, 0.29) is 12.8 Å². The molecule has 25 heavy (non-hydrogen) atoms. The second-order valence-electron chi connectivity index (χ2n) is 7.95. The van der Waals surface area contributed by atoms with Gasteiger partial charge in [0.15, 0.2) is 6.10 Å². The van der Waals surface area contributed by atoms with E-state index in [0.717, 1.165) is 12.8 Å². The number of aliphatic hydroxyl groups is 1. The highest BCUT2D eigenvalue weighted by Crippen LogP contribution is 2.13. The molecule has 0 aliphatic heterocycles. The summed E-state index contributed by atoms with van der Waals surface area (Å²) in [6.45, 7) is 2.61. The number of unbranched alkanes of at least 4 members (excludes halogenated alkanes) is 6. The molecule has 6 nitrogen and oxygen atoms in total. The lowest BCUT2D eigenvalue weighted by atomic mass is 10.0. The van der Waals surface area contributed by atoms with Gasteiger partial charge in [0.2, 0.25) is 0 Å². The van der Waals surface area contributed by atoms with Gasteiger partial charge in [-0.3, -0.25) is 9.59 Å². The molecule has 0 aliphatic carbocycles. The fourth-order valence-electron chi connectivity index (χ4n) is 2.81. The summed E-state index contributed by atoms with van der Waals surface area (Å²) in [4.78, 5) is 22.9. The molecule has 0 rings (SSSR count). The minimum absolute atomic E-state index is 0.0664. The highest BCUT2D eigenvalue weighted by atomic mass is 16.5. The number of hydrogen-bond donors (Lipinski definition) is 2. The van der Waals surface area contributed by atoms with Gasteiger partial charge in [-0.05, 0) is 6.42 Å². The van der Waals surface area contributed by atoms with Gasteiger partial charge in [0.1, 0.15) is 6.54 Å². The maximum Gasteiger partial charge on any atom is 0.308 e. The van der Waals surface area contributed by atoms with Crippen LogP contribution in [0.5, 0.6) is 0 Å². The summed E-state index contributed by atoms with van der Waals surface area (Å²) >= 11 is 0. The Kier molecular flexibility index (Phi) is 12.5. The zero-order valence-electron chi connectivity index (χ0n) is 16.5. The summed E-state index contributed by atoms with van der Waals surface area (Å²) in [5.74, 6) is -1.51. The second kappa shape index (κ2) is 13.1. The zero-order valence-corrected chi connectivity index (χ0v) is 16.5. The number of ether oxygens (including phenoxy) is 1. The van der Waals surface area contributed by atoms with Crippen molar-refractivity contribution in [3.8, 4) is 0 Å². The van der Waals surface area contributed by atoms with E-state index in [4.69, 9.17) is 9.84 Å². The molecule has 1 unspecified atom stereocenters. The number of esters is 1. The van der Waals surface area contributed by atoms with E-state index in [9.17, 15) is 14.7 Å². The van der Waals surface area contributed by atoms with Gasteiger partial charge in [0.25, 0.3) is 0 Å². The van der Waals surface area contributed by atoms with Gasteiger partial charge in [-0.15, -0.1) is 0 Å². The van der Waals surface area contributed by atoms with E-state index in [1.807, 2.05) is 21.1 Å². The Morgan fingerprint density at radius 1 is 0.960 bits per heavy atom. The van der Waals surface area contributed by atoms with Crippen LogP contribution in [0, 0.1) is 0 Å². The Bertz CT molecular complexity index is 379. The maximum absolute atomic E-state index is 12.0. The van der Waals surface area contributed by atoms with Gasteiger partial charge >= 0.3 is 11.9 Å². The first-order chi connectivity index (χ1) is 11.6. The number of carboxylic acid groups (broad SMARTS) is 1. The van der Waals surface area contributed by atoms with E-state index < -0.39 is 24.1 Å². The SMILES string of the molecule is CCCCCCCCCC(O)CC(=O)O[C@H](CC(=O)O)C[N+](C)(C)C. The van der Waals surface area contributed by atoms with E-state index in [2.05, 4.69) is 6.92 Å². The predicted octanol–water partition coefficient (Wildman–Crippen LogP) is 2.97. The summed E-state index contributed by atoms with van der Waals surface area (Å²) < 4.78 is 5.79. The summed E-state index contributed by atoms with van der Waals surface area (Å²) in [6, 6.07) is 0. The van der Waals surface area contributed by atoms with Crippen LogP contribution in [-0.2, 0) is 14.3 Å². The average molecular weight is 361 g/mol. The summed E-state index contributed by atoms with van der Waals surface area (Å²) in [6.07, 6.45) is 7.07. The monoisotopic (exact) mass is 360 g/mol. The molecule has 2 N–H and O–H groups in total. The van der Waals surface area contributed by atoms with Crippen molar-refractivity contribution in [2.24, 2.45) is 0 Å². The molecule has 0 aromatic carbocycles. The number of rotatable bonds is 15. The van der Waals surface area contributed by atoms with Gasteiger partial charge in [0, 0.05) is 0 Å². The predicted molar refractivity (Wildman–Crippen MR) is 98.3 cm³/mol. The van der Waals surface area contributed by atoms with E-state index in [1.165, 1.54) is 32.1 Å². The van der Waals surface area contributed by atoms with Crippen LogP contribution in [0.3, 0.4) is 0 Å². The lowest BCUT2D eigenvalue weighted by Crippen LogP contribution is -2.44. The van der Waals surface area contributed by atoms with Crippen molar-refractivity contribution in [1.82, 2.24) is 0 Å². The van der Waals surface area contributed by atoms with Crippen LogP contribution in [0.15, 0.2) is 0 Å². The third kappa shape index (κ3) is 16.1. The molecule has 0 amide bonds. The Morgan fingerprint density at radius 3 is 2.04 bits per heavy atom. The van der Waals surface area contributed by atoms with Gasteiger partial charge in [-0.1, -0.05) is 51.9 Å². The molecule has 6 heteroatoms. The van der Waals surface area contributed by atoms with Gasteiger partial charge in [0.05, 0.1) is 40.1 Å². The lowest BCUT2D eigenvalue weighted by molar-refractivity contribution is -0.873. The normalized spacial score (nSPS) is 14.1. The first-order valence-corrected chi connectivity index (χ1v) is 9.53. The van der Waals surface area contributed by atoms with E-state index in [1.54, 1.807) is 0 Å². The minimum atomic E-state index is -0.991. The van der Waals surface area contributed by atoms with Crippen LogP contribution in [-0.4, -0.2) is 66.5 Å². The molecule has 0 aliphatic rings. The standard InChI is InChI=1S/C19H37NO5/c1-5-6-7-8-9-10-11-12-16(21)13-19(24)25-17(14-18(22)23)15-20(2,3)4/h16-17,21H,5-15H2,1-4H3/p+1/t16?,17-/m1/s1. The molecule has 0 radical (unpaired) electrons. The van der Waals surface area contributed by atoms with E-state index >= 15 is 0 Å². The highest BCUT2D eigenvalue weighted by molar-refractivity contribution is 5.71. The smallest absolute Gasteiger partial charge is 0.308 e. The largest absolute Gasteiger partial charge is 0.481 e. The first-order valence-electron chi connectivity index (χ1n) is 9.53. The van der Waals surface area contributed by atoms with Gasteiger partial charge in [-0.2, -0.15) is 0 Å². The van der Waals surface area contributed by atoms with Gasteiger partial charge in [-0.25, -0.2) is 0 Å². The molecule has 0 aromatic heterocycles. The molecule has 2 atom stereocenters. The first kappa shape index (κ1) is 23.9. The van der Waals surface area contributed by atoms with Crippen molar-refractivity contribution < 1.29 is 29.0 Å². The zero-order chi connectivity index (χ0) is 19.3. The van der Waals surface area contributed by atoms with Crippen molar-refractivity contribution in [2.45, 2.75) is 83.3 Å². The maximum atomic E-state index is 12.0. The Morgan fingerprint density at radius 2 is 1.52 bits per heavy atom. The number of carbonyl (C=O) groups is 2. The van der Waals surface area contributed by atoms with Gasteiger partial charge < -0.3 is 19.4 Å². The number of aliphatic carboxylic acids is 1. The molecule has 0 saturated heterocycles. The number of hydrogen-bond acceptors (Lipinski definition) is 4. The Balaban J connectivity index is 4.04. The fraction of sp³-hybridized carbons (Fsp3) is 0.895. The molecule has 0 bridgehead atoms. The summed E-state index contributed by atoms with van der Waals surface area (Å²) in [5.41, 5.74) is 0. The number of aliphatic hydroxyl groups excluding tert-OH is 1. The molecule has 0 aromatic rings. The quantitative estimate of drug-likeness (QED) is 0.266.